The molecule has 3 nitrogen and oxygen atoms in total. The van der Waals surface area contributed by atoms with Crippen LogP contribution in [0, 0.1) is 4.77 Å². The molecule has 0 fully saturated rings. The number of imidazole rings is 1. The van der Waals surface area contributed by atoms with Crippen molar-refractivity contribution in [3.8, 4) is 11.3 Å². The van der Waals surface area contributed by atoms with Crippen molar-refractivity contribution in [1.29, 1.82) is 0 Å². The maximum atomic E-state index is 5.32. The van der Waals surface area contributed by atoms with Crippen LogP contribution in [0.15, 0.2) is 59.5 Å². The van der Waals surface area contributed by atoms with Gasteiger partial charge in [-0.25, -0.2) is 0 Å². The number of rotatable bonds is 3. The number of nitrogens with zero attached hydrogens (tertiary/aromatic N) is 1. The molecule has 3 rings (SSSR count). The van der Waals surface area contributed by atoms with E-state index in [-0.39, 0.29) is 0 Å². The molecular weight excluding hydrogens is 244 g/mol. The molecule has 0 aliphatic heterocycles. The molecule has 3 aromatic rings. The first-order valence-corrected chi connectivity index (χ1v) is 6.10. The summed E-state index contributed by atoms with van der Waals surface area (Å²) in [6.45, 7) is 0.711. The molecular formula is C14H12N2OS. The molecule has 0 atom stereocenters. The summed E-state index contributed by atoms with van der Waals surface area (Å²) in [6, 6.07) is 12.1. The second-order valence-corrected chi connectivity index (χ2v) is 4.45. The Morgan fingerprint density at radius 3 is 2.72 bits per heavy atom. The van der Waals surface area contributed by atoms with Gasteiger partial charge < -0.3 is 14.0 Å². The Bertz CT molecular complexity index is 680. The van der Waals surface area contributed by atoms with Crippen molar-refractivity contribution in [2.45, 2.75) is 6.54 Å². The number of hydrogen-bond acceptors (Lipinski definition) is 2. The third-order valence-corrected chi connectivity index (χ3v) is 3.20. The molecule has 0 spiro atoms. The first-order valence-electron chi connectivity index (χ1n) is 5.69. The maximum Gasteiger partial charge on any atom is 0.177 e. The van der Waals surface area contributed by atoms with Crippen molar-refractivity contribution in [1.82, 2.24) is 9.55 Å². The van der Waals surface area contributed by atoms with Crippen LogP contribution in [0.5, 0.6) is 0 Å². The van der Waals surface area contributed by atoms with Gasteiger partial charge in [0.1, 0.15) is 0 Å². The topological polar surface area (TPSA) is 33.9 Å². The Hall–Kier alpha value is -2.07. The first-order chi connectivity index (χ1) is 8.84. The fraction of sp³-hybridized carbons (Fsp3) is 0.0714. The van der Waals surface area contributed by atoms with Crippen LogP contribution >= 0.6 is 12.2 Å². The van der Waals surface area contributed by atoms with Crippen molar-refractivity contribution in [3.05, 3.63) is 65.5 Å². The van der Waals surface area contributed by atoms with E-state index in [2.05, 4.69) is 21.7 Å². The van der Waals surface area contributed by atoms with Crippen LogP contribution in [-0.4, -0.2) is 9.55 Å². The molecule has 0 saturated carbocycles. The van der Waals surface area contributed by atoms with Gasteiger partial charge in [0.25, 0.3) is 0 Å². The molecule has 1 N–H and O–H groups in total. The summed E-state index contributed by atoms with van der Waals surface area (Å²) in [5.74, 6) is 0. The lowest BCUT2D eigenvalue weighted by molar-refractivity contribution is 0.562. The quantitative estimate of drug-likeness (QED) is 0.722. The third kappa shape index (κ3) is 2.02. The van der Waals surface area contributed by atoms with Gasteiger partial charge in [-0.2, -0.15) is 0 Å². The molecule has 0 amide bonds. The van der Waals surface area contributed by atoms with Gasteiger partial charge in [-0.1, -0.05) is 30.3 Å². The third-order valence-electron chi connectivity index (χ3n) is 2.86. The highest BCUT2D eigenvalue weighted by Gasteiger charge is 2.07. The molecule has 90 valence electrons. The van der Waals surface area contributed by atoms with Crippen LogP contribution in [0.4, 0.5) is 0 Å². The number of aromatic nitrogens is 2. The summed E-state index contributed by atoms with van der Waals surface area (Å²) in [6.07, 6.45) is 5.36. The van der Waals surface area contributed by atoms with E-state index in [1.165, 1.54) is 0 Å². The molecule has 0 aliphatic rings. The minimum Gasteiger partial charge on any atom is -0.472 e. The van der Waals surface area contributed by atoms with Crippen molar-refractivity contribution in [2.75, 3.05) is 0 Å². The number of benzene rings is 1. The van der Waals surface area contributed by atoms with Crippen LogP contribution in [0.2, 0.25) is 0 Å². The second kappa shape index (κ2) is 4.66. The van der Waals surface area contributed by atoms with Crippen LogP contribution in [0.1, 0.15) is 5.56 Å². The number of furan rings is 1. The fourth-order valence-electron chi connectivity index (χ4n) is 1.97. The van der Waals surface area contributed by atoms with Crippen LogP contribution in [0.3, 0.4) is 0 Å². The number of hydrogen-bond donors (Lipinski definition) is 1. The van der Waals surface area contributed by atoms with E-state index in [0.29, 0.717) is 6.54 Å². The Labute approximate surface area is 110 Å². The van der Waals surface area contributed by atoms with Crippen molar-refractivity contribution in [2.24, 2.45) is 0 Å². The molecule has 0 saturated heterocycles. The summed E-state index contributed by atoms with van der Waals surface area (Å²) in [5.41, 5.74) is 3.33. The zero-order valence-electron chi connectivity index (χ0n) is 9.67. The normalized spacial score (nSPS) is 10.7. The highest BCUT2D eigenvalue weighted by Crippen LogP contribution is 2.20. The van der Waals surface area contributed by atoms with Crippen molar-refractivity contribution in [3.63, 3.8) is 0 Å². The van der Waals surface area contributed by atoms with Crippen LogP contribution < -0.4 is 0 Å². The molecule has 4 heteroatoms. The predicted molar refractivity (Wildman–Crippen MR) is 72.9 cm³/mol. The average molecular weight is 256 g/mol. The van der Waals surface area contributed by atoms with Gasteiger partial charge in [-0.15, -0.1) is 0 Å². The largest absolute Gasteiger partial charge is 0.472 e. The van der Waals surface area contributed by atoms with Gasteiger partial charge in [0, 0.05) is 11.8 Å². The summed E-state index contributed by atoms with van der Waals surface area (Å²) in [4.78, 5) is 3.10. The average Bonchev–Trinajstić information content (AvgIpc) is 3.03. The molecule has 1 aromatic carbocycles. The van der Waals surface area contributed by atoms with Gasteiger partial charge in [0.2, 0.25) is 0 Å². The van der Waals surface area contributed by atoms with E-state index in [1.54, 1.807) is 12.5 Å². The lowest BCUT2D eigenvalue weighted by Gasteiger charge is -2.06. The highest BCUT2D eigenvalue weighted by molar-refractivity contribution is 7.71. The standard InChI is InChI=1S/C14H12N2OS/c18-14-15-8-13(12-4-2-1-3-5-12)16(14)9-11-6-7-17-10-11/h1-8,10H,9H2,(H,15,18). The summed E-state index contributed by atoms with van der Waals surface area (Å²) < 4.78 is 7.87. The molecule has 2 aromatic heterocycles. The van der Waals surface area contributed by atoms with Crippen molar-refractivity contribution >= 4 is 12.2 Å². The lowest BCUT2D eigenvalue weighted by Crippen LogP contribution is -2.00. The molecule has 18 heavy (non-hydrogen) atoms. The minimum atomic E-state index is 0.711. The number of nitrogens with one attached hydrogen (secondary N) is 1. The monoisotopic (exact) mass is 256 g/mol. The zero-order valence-corrected chi connectivity index (χ0v) is 10.5. The van der Waals surface area contributed by atoms with E-state index >= 15 is 0 Å². The zero-order chi connectivity index (χ0) is 12.4. The van der Waals surface area contributed by atoms with Gasteiger partial charge in [-0.3, -0.25) is 0 Å². The van der Waals surface area contributed by atoms with Gasteiger partial charge >= 0.3 is 0 Å². The van der Waals surface area contributed by atoms with E-state index in [4.69, 9.17) is 16.6 Å². The lowest BCUT2D eigenvalue weighted by atomic mass is 10.1. The van der Waals surface area contributed by atoms with Gasteiger partial charge in [0.15, 0.2) is 4.77 Å². The molecule has 0 radical (unpaired) electrons. The first kappa shape index (κ1) is 11.0. The molecule has 0 bridgehead atoms. The fourth-order valence-corrected chi connectivity index (χ4v) is 2.19. The number of aromatic amines is 1. The summed E-state index contributed by atoms with van der Waals surface area (Å²) in [5, 5.41) is 0. The van der Waals surface area contributed by atoms with E-state index in [9.17, 15) is 0 Å². The highest BCUT2D eigenvalue weighted by atomic mass is 32.1. The Kier molecular flexibility index (Phi) is 2.86. The predicted octanol–water partition coefficient (Wildman–Crippen LogP) is 3.85. The van der Waals surface area contributed by atoms with Crippen LogP contribution in [-0.2, 0) is 6.54 Å². The second-order valence-electron chi connectivity index (χ2n) is 4.06. The van der Waals surface area contributed by atoms with Gasteiger partial charge in [-0.05, 0) is 23.8 Å². The van der Waals surface area contributed by atoms with E-state index < -0.39 is 0 Å². The van der Waals surface area contributed by atoms with E-state index in [1.807, 2.05) is 30.5 Å². The van der Waals surface area contributed by atoms with Crippen molar-refractivity contribution < 1.29 is 4.42 Å². The smallest absolute Gasteiger partial charge is 0.177 e. The van der Waals surface area contributed by atoms with E-state index in [0.717, 1.165) is 21.6 Å². The SMILES string of the molecule is S=c1[nH]cc(-c2ccccc2)n1Cc1ccoc1. The summed E-state index contributed by atoms with van der Waals surface area (Å²) in [7, 11) is 0. The van der Waals surface area contributed by atoms with Crippen LogP contribution in [0.25, 0.3) is 11.3 Å². The molecule has 0 aliphatic carbocycles. The number of H-pyrrole nitrogens is 1. The van der Waals surface area contributed by atoms with Gasteiger partial charge in [0.05, 0.1) is 24.8 Å². The Morgan fingerprint density at radius 2 is 2.00 bits per heavy atom. The Balaban J connectivity index is 2.04. The Morgan fingerprint density at radius 1 is 1.17 bits per heavy atom. The summed E-state index contributed by atoms with van der Waals surface area (Å²) >= 11 is 5.32. The molecule has 0 unspecified atom stereocenters. The minimum absolute atomic E-state index is 0.711. The molecule has 2 heterocycles. The maximum absolute atomic E-state index is 5.32.